The molecule has 2 amide bonds. The molecule has 0 unspecified atom stereocenters. The van der Waals surface area contributed by atoms with Crippen LogP contribution in [0, 0.1) is 0 Å². The summed E-state index contributed by atoms with van der Waals surface area (Å²) in [6.45, 7) is -0.523. The molecule has 0 spiro atoms. The zero-order valence-corrected chi connectivity index (χ0v) is 14.4. The van der Waals surface area contributed by atoms with Crippen LogP contribution in [-0.2, 0) is 14.3 Å². The van der Waals surface area contributed by atoms with Crippen molar-refractivity contribution in [2.45, 2.75) is 0 Å². The van der Waals surface area contributed by atoms with E-state index in [1.54, 1.807) is 30.3 Å². The average molecular weight is 366 g/mol. The summed E-state index contributed by atoms with van der Waals surface area (Å²) < 4.78 is 6.15. The number of carbonyl (C=O) groups is 3. The fraction of sp³-hybridized carbons (Fsp3) is 0.105. The van der Waals surface area contributed by atoms with Gasteiger partial charge in [-0.15, -0.1) is 11.3 Å². The second kappa shape index (κ2) is 6.61. The number of nitrogens with one attached hydrogen (secondary N) is 1. The van der Waals surface area contributed by atoms with Crippen LogP contribution in [0.25, 0.3) is 10.1 Å². The molecule has 3 aromatic rings. The molecule has 0 bridgehead atoms. The van der Waals surface area contributed by atoms with E-state index in [1.165, 1.54) is 16.2 Å². The molecule has 0 fully saturated rings. The summed E-state index contributed by atoms with van der Waals surface area (Å²) in [7, 11) is 0. The van der Waals surface area contributed by atoms with Gasteiger partial charge in [0.15, 0.2) is 6.61 Å². The Morgan fingerprint density at radius 1 is 1.12 bits per heavy atom. The summed E-state index contributed by atoms with van der Waals surface area (Å²) in [5.74, 6) is -1.27. The molecule has 130 valence electrons. The summed E-state index contributed by atoms with van der Waals surface area (Å²) in [5.41, 5.74) is 1.16. The molecule has 4 rings (SSSR count). The van der Waals surface area contributed by atoms with E-state index in [0.29, 0.717) is 16.3 Å². The van der Waals surface area contributed by atoms with E-state index in [2.05, 4.69) is 5.32 Å². The molecule has 2 heterocycles. The van der Waals surface area contributed by atoms with Gasteiger partial charge in [0.05, 0.1) is 11.4 Å². The van der Waals surface area contributed by atoms with Gasteiger partial charge in [0.25, 0.3) is 5.91 Å². The highest BCUT2D eigenvalue weighted by atomic mass is 32.1. The fourth-order valence-electron chi connectivity index (χ4n) is 2.81. The van der Waals surface area contributed by atoms with Gasteiger partial charge in [-0.1, -0.05) is 30.3 Å². The highest BCUT2D eigenvalue weighted by molar-refractivity contribution is 7.20. The van der Waals surface area contributed by atoms with Crippen LogP contribution in [0.4, 0.5) is 11.4 Å². The van der Waals surface area contributed by atoms with Crippen molar-refractivity contribution >= 4 is 50.6 Å². The van der Waals surface area contributed by atoms with Crippen molar-refractivity contribution < 1.29 is 19.1 Å². The number of anilines is 2. The smallest absolute Gasteiger partial charge is 0.348 e. The Morgan fingerprint density at radius 2 is 1.88 bits per heavy atom. The van der Waals surface area contributed by atoms with Crippen LogP contribution < -0.4 is 10.2 Å². The quantitative estimate of drug-likeness (QED) is 0.723. The fourth-order valence-corrected chi connectivity index (χ4v) is 3.77. The number of amides is 2. The van der Waals surface area contributed by atoms with E-state index >= 15 is 0 Å². The number of rotatable bonds is 3. The van der Waals surface area contributed by atoms with Crippen molar-refractivity contribution in [3.05, 3.63) is 59.5 Å². The van der Waals surface area contributed by atoms with Crippen molar-refractivity contribution in [1.29, 1.82) is 0 Å². The molecule has 6 nitrogen and oxygen atoms in total. The predicted octanol–water partition coefficient (Wildman–Crippen LogP) is 3.04. The molecular weight excluding hydrogens is 352 g/mol. The van der Waals surface area contributed by atoms with Gasteiger partial charge in [0, 0.05) is 4.70 Å². The molecule has 0 aliphatic carbocycles. The monoisotopic (exact) mass is 366 g/mol. The number of nitrogens with zero attached hydrogens (tertiary/aromatic N) is 1. The molecule has 1 aliphatic heterocycles. The molecule has 7 heteroatoms. The maximum atomic E-state index is 12.5. The molecule has 1 aliphatic rings. The first kappa shape index (κ1) is 16.3. The number of benzene rings is 2. The van der Waals surface area contributed by atoms with Gasteiger partial charge in [0.1, 0.15) is 11.4 Å². The van der Waals surface area contributed by atoms with Gasteiger partial charge >= 0.3 is 5.97 Å². The highest BCUT2D eigenvalue weighted by Crippen LogP contribution is 2.29. The highest BCUT2D eigenvalue weighted by Gasteiger charge is 2.27. The number of hydrogen-bond acceptors (Lipinski definition) is 5. The van der Waals surface area contributed by atoms with Crippen molar-refractivity contribution in [2.75, 3.05) is 23.4 Å². The Morgan fingerprint density at radius 3 is 2.73 bits per heavy atom. The van der Waals surface area contributed by atoms with E-state index < -0.39 is 18.5 Å². The van der Waals surface area contributed by atoms with Crippen LogP contribution in [-0.4, -0.2) is 30.9 Å². The second-order valence-electron chi connectivity index (χ2n) is 5.77. The number of esters is 1. The van der Waals surface area contributed by atoms with Crippen molar-refractivity contribution in [3.63, 3.8) is 0 Å². The lowest BCUT2D eigenvalue weighted by atomic mass is 10.2. The van der Waals surface area contributed by atoms with Gasteiger partial charge in [0.2, 0.25) is 5.91 Å². The predicted molar refractivity (Wildman–Crippen MR) is 99.5 cm³/mol. The van der Waals surface area contributed by atoms with E-state index in [1.807, 2.05) is 24.3 Å². The molecule has 2 aromatic carbocycles. The van der Waals surface area contributed by atoms with Crippen LogP contribution in [0.1, 0.15) is 9.67 Å². The van der Waals surface area contributed by atoms with Gasteiger partial charge < -0.3 is 10.1 Å². The van der Waals surface area contributed by atoms with Gasteiger partial charge in [-0.05, 0) is 29.7 Å². The van der Waals surface area contributed by atoms with Crippen molar-refractivity contribution in [2.24, 2.45) is 0 Å². The standard InChI is InChI=1S/C19H14N2O4S/c22-17-10-21(14-7-3-2-6-13(14)20-17)18(23)11-25-19(24)16-9-12-5-1-4-8-15(12)26-16/h1-9H,10-11H2,(H,20,22). The third-order valence-corrected chi connectivity index (χ3v) is 5.12. The lowest BCUT2D eigenvalue weighted by molar-refractivity contribution is -0.124. The first-order chi connectivity index (χ1) is 12.6. The minimum Gasteiger partial charge on any atom is -0.451 e. The molecule has 0 radical (unpaired) electrons. The second-order valence-corrected chi connectivity index (χ2v) is 6.85. The lowest BCUT2D eigenvalue weighted by Gasteiger charge is -2.28. The van der Waals surface area contributed by atoms with Crippen LogP contribution in [0.15, 0.2) is 54.6 Å². The summed E-state index contributed by atoms with van der Waals surface area (Å²) in [5, 5.41) is 3.67. The summed E-state index contributed by atoms with van der Waals surface area (Å²) in [6.07, 6.45) is 0. The Labute approximate surface area is 153 Å². The van der Waals surface area contributed by atoms with E-state index in [4.69, 9.17) is 4.74 Å². The zero-order valence-electron chi connectivity index (χ0n) is 13.6. The first-order valence-corrected chi connectivity index (χ1v) is 8.78. The maximum absolute atomic E-state index is 12.5. The van der Waals surface area contributed by atoms with Crippen LogP contribution in [0.5, 0.6) is 0 Å². The van der Waals surface area contributed by atoms with Gasteiger partial charge in [-0.25, -0.2) is 4.79 Å². The molecule has 1 N–H and O–H groups in total. The maximum Gasteiger partial charge on any atom is 0.348 e. The third kappa shape index (κ3) is 3.04. The van der Waals surface area contributed by atoms with Crippen molar-refractivity contribution in [1.82, 2.24) is 0 Å². The van der Waals surface area contributed by atoms with Crippen LogP contribution >= 0.6 is 11.3 Å². The van der Waals surface area contributed by atoms with Gasteiger partial charge in [-0.3, -0.25) is 14.5 Å². The Balaban J connectivity index is 1.47. The molecule has 0 atom stereocenters. The van der Waals surface area contributed by atoms with E-state index in [-0.39, 0.29) is 12.5 Å². The molecular formula is C19H14N2O4S. The summed E-state index contributed by atoms with van der Waals surface area (Å²) in [4.78, 5) is 38.3. The number of carbonyl (C=O) groups excluding carboxylic acids is 3. The molecule has 0 saturated heterocycles. The van der Waals surface area contributed by atoms with E-state index in [9.17, 15) is 14.4 Å². The SMILES string of the molecule is O=C1CN(C(=O)COC(=O)c2cc3ccccc3s2)c2ccccc2N1. The summed E-state index contributed by atoms with van der Waals surface area (Å²) >= 11 is 1.32. The number of ether oxygens (including phenoxy) is 1. The average Bonchev–Trinajstić information content (AvgIpc) is 3.09. The van der Waals surface area contributed by atoms with Crippen LogP contribution in [0.3, 0.4) is 0 Å². The summed E-state index contributed by atoms with van der Waals surface area (Å²) in [6, 6.07) is 16.4. The largest absolute Gasteiger partial charge is 0.451 e. The normalized spacial score (nSPS) is 13.2. The molecule has 26 heavy (non-hydrogen) atoms. The van der Waals surface area contributed by atoms with Gasteiger partial charge in [-0.2, -0.15) is 0 Å². The third-order valence-electron chi connectivity index (χ3n) is 4.03. The van der Waals surface area contributed by atoms with Crippen molar-refractivity contribution in [3.8, 4) is 0 Å². The topological polar surface area (TPSA) is 75.7 Å². The Kier molecular flexibility index (Phi) is 4.14. The van der Waals surface area contributed by atoms with E-state index in [0.717, 1.165) is 10.1 Å². The van der Waals surface area contributed by atoms with Crippen LogP contribution in [0.2, 0.25) is 0 Å². The number of fused-ring (bicyclic) bond motifs is 2. The number of para-hydroxylation sites is 2. The number of hydrogen-bond donors (Lipinski definition) is 1. The lowest BCUT2D eigenvalue weighted by Crippen LogP contribution is -2.44. The molecule has 1 aromatic heterocycles. The number of thiophene rings is 1. The first-order valence-electron chi connectivity index (χ1n) is 7.97. The molecule has 0 saturated carbocycles. The minimum absolute atomic E-state index is 0.101. The Hall–Kier alpha value is -3.19. The zero-order chi connectivity index (χ0) is 18.1. The Bertz CT molecular complexity index is 994. The minimum atomic E-state index is -0.547.